The third-order valence-electron chi connectivity index (χ3n) is 4.79. The molecular formula is C27H21NO3S. The van der Waals surface area contributed by atoms with Crippen LogP contribution in [0.1, 0.15) is 32.3 Å². The lowest BCUT2D eigenvalue weighted by Crippen LogP contribution is -2.31. The lowest BCUT2D eigenvalue weighted by molar-refractivity contribution is 0.0161. The highest BCUT2D eigenvalue weighted by Crippen LogP contribution is 2.28. The van der Waals surface area contributed by atoms with Crippen molar-refractivity contribution in [2.75, 3.05) is 0 Å². The molecule has 32 heavy (non-hydrogen) atoms. The van der Waals surface area contributed by atoms with Gasteiger partial charge >= 0.3 is 5.97 Å². The number of carbonyl (C=O) groups is 2. The molecule has 0 aliphatic carbocycles. The molecule has 0 fully saturated rings. The second-order valence-electron chi connectivity index (χ2n) is 7.02. The topological polar surface area (TPSA) is 55.4 Å². The van der Waals surface area contributed by atoms with Gasteiger partial charge in [0.15, 0.2) is 5.78 Å². The number of hydrogen-bond acceptors (Lipinski definition) is 5. The Morgan fingerprint density at radius 3 is 1.78 bits per heavy atom. The van der Waals surface area contributed by atoms with Crippen LogP contribution in [0.4, 0.5) is 0 Å². The molecule has 1 unspecified atom stereocenters. The predicted octanol–water partition coefficient (Wildman–Crippen LogP) is 6.12. The molecule has 4 nitrogen and oxygen atoms in total. The Morgan fingerprint density at radius 1 is 0.625 bits per heavy atom. The van der Waals surface area contributed by atoms with E-state index in [0.717, 1.165) is 9.79 Å². The molecule has 0 spiro atoms. The second kappa shape index (κ2) is 10.6. The maximum absolute atomic E-state index is 13.3. The molecule has 0 aliphatic rings. The second-order valence-corrected chi connectivity index (χ2v) is 8.17. The fraction of sp³-hybridized carbons (Fsp3) is 0.0370. The van der Waals surface area contributed by atoms with E-state index >= 15 is 0 Å². The standard InChI is InChI=1S/C27H21NO3S/c29-26(21-16-18-24(19-17-21)32-23-14-8-3-9-15-23)25(20-10-4-1-5-11-20)28-31-27(30)22-12-6-2-7-13-22/h1-19,25,28H. The first-order valence-corrected chi connectivity index (χ1v) is 11.0. The van der Waals surface area contributed by atoms with Crippen LogP contribution in [0.25, 0.3) is 0 Å². The summed E-state index contributed by atoms with van der Waals surface area (Å²) in [4.78, 5) is 33.1. The zero-order valence-corrected chi connectivity index (χ0v) is 18.0. The molecular weight excluding hydrogens is 418 g/mol. The molecule has 158 valence electrons. The number of nitrogens with one attached hydrogen (secondary N) is 1. The third kappa shape index (κ3) is 5.52. The van der Waals surface area contributed by atoms with E-state index in [9.17, 15) is 9.59 Å². The Kier molecular flexibility index (Phi) is 7.12. The van der Waals surface area contributed by atoms with Gasteiger partial charge in [-0.25, -0.2) is 4.79 Å². The van der Waals surface area contributed by atoms with Gasteiger partial charge in [0.05, 0.1) is 5.56 Å². The quantitative estimate of drug-likeness (QED) is 0.265. The van der Waals surface area contributed by atoms with Crippen LogP contribution in [0.15, 0.2) is 125 Å². The average Bonchev–Trinajstić information content (AvgIpc) is 2.86. The summed E-state index contributed by atoms with van der Waals surface area (Å²) < 4.78 is 0. The molecule has 5 heteroatoms. The van der Waals surface area contributed by atoms with E-state index in [1.54, 1.807) is 48.2 Å². The average molecular weight is 440 g/mol. The van der Waals surface area contributed by atoms with Gasteiger partial charge < -0.3 is 4.84 Å². The lowest BCUT2D eigenvalue weighted by Gasteiger charge is -2.18. The van der Waals surface area contributed by atoms with Gasteiger partial charge in [-0.15, -0.1) is 5.48 Å². The van der Waals surface area contributed by atoms with E-state index in [0.29, 0.717) is 16.7 Å². The first-order valence-electron chi connectivity index (χ1n) is 10.1. The van der Waals surface area contributed by atoms with E-state index in [1.807, 2.05) is 78.9 Å². The summed E-state index contributed by atoms with van der Waals surface area (Å²) >= 11 is 1.63. The molecule has 0 bridgehead atoms. The Morgan fingerprint density at radius 2 is 1.16 bits per heavy atom. The first kappa shape index (κ1) is 21.6. The van der Waals surface area contributed by atoms with Gasteiger partial charge in [0.2, 0.25) is 0 Å². The normalized spacial score (nSPS) is 11.5. The maximum atomic E-state index is 13.3. The van der Waals surface area contributed by atoms with Crippen molar-refractivity contribution in [2.24, 2.45) is 0 Å². The molecule has 1 N–H and O–H groups in total. The van der Waals surface area contributed by atoms with Gasteiger partial charge in [-0.1, -0.05) is 90.6 Å². The highest BCUT2D eigenvalue weighted by Gasteiger charge is 2.24. The maximum Gasteiger partial charge on any atom is 0.356 e. The van der Waals surface area contributed by atoms with Crippen LogP contribution in [-0.4, -0.2) is 11.8 Å². The van der Waals surface area contributed by atoms with Crippen molar-refractivity contribution in [3.8, 4) is 0 Å². The molecule has 0 aliphatic heterocycles. The first-order chi connectivity index (χ1) is 15.7. The van der Waals surface area contributed by atoms with Crippen molar-refractivity contribution in [3.63, 3.8) is 0 Å². The summed E-state index contributed by atoms with van der Waals surface area (Å²) in [6.07, 6.45) is 0. The van der Waals surface area contributed by atoms with Crippen molar-refractivity contribution in [2.45, 2.75) is 15.8 Å². The number of benzene rings is 4. The summed E-state index contributed by atoms with van der Waals surface area (Å²) in [7, 11) is 0. The number of Topliss-reactive ketones (excluding diaryl/α,β-unsaturated/α-hetero) is 1. The van der Waals surface area contributed by atoms with Gasteiger partial charge in [0.1, 0.15) is 6.04 Å². The van der Waals surface area contributed by atoms with Crippen molar-refractivity contribution in [1.29, 1.82) is 0 Å². The van der Waals surface area contributed by atoms with E-state index < -0.39 is 12.0 Å². The molecule has 0 aromatic heterocycles. The van der Waals surface area contributed by atoms with Crippen molar-refractivity contribution in [3.05, 3.63) is 132 Å². The van der Waals surface area contributed by atoms with E-state index in [-0.39, 0.29) is 5.78 Å². The molecule has 0 radical (unpaired) electrons. The highest BCUT2D eigenvalue weighted by atomic mass is 32.2. The van der Waals surface area contributed by atoms with Gasteiger partial charge in [0, 0.05) is 15.4 Å². The van der Waals surface area contributed by atoms with Gasteiger partial charge in [-0.2, -0.15) is 0 Å². The Balaban J connectivity index is 1.50. The Bertz CT molecular complexity index is 1160. The SMILES string of the molecule is O=C(ONC(C(=O)c1ccc(Sc2ccccc2)cc1)c1ccccc1)c1ccccc1. The van der Waals surface area contributed by atoms with Crippen molar-refractivity contribution < 1.29 is 14.4 Å². The van der Waals surface area contributed by atoms with E-state index in [2.05, 4.69) is 5.48 Å². The minimum atomic E-state index is -0.823. The van der Waals surface area contributed by atoms with Crippen LogP contribution in [0, 0.1) is 0 Å². The summed E-state index contributed by atoms with van der Waals surface area (Å²) in [6.45, 7) is 0. The number of hydroxylamine groups is 1. The minimum Gasteiger partial charge on any atom is -0.366 e. The van der Waals surface area contributed by atoms with Gasteiger partial charge in [0.25, 0.3) is 0 Å². The fourth-order valence-corrected chi connectivity index (χ4v) is 3.98. The monoisotopic (exact) mass is 439 g/mol. The van der Waals surface area contributed by atoms with Crippen molar-refractivity contribution in [1.82, 2.24) is 5.48 Å². The molecule has 0 amide bonds. The zero-order valence-electron chi connectivity index (χ0n) is 17.2. The van der Waals surface area contributed by atoms with Gasteiger partial charge in [-0.05, 0) is 42.0 Å². The molecule has 1 atom stereocenters. The molecule has 4 aromatic carbocycles. The summed E-state index contributed by atoms with van der Waals surface area (Å²) in [5, 5.41) is 0. The predicted molar refractivity (Wildman–Crippen MR) is 126 cm³/mol. The van der Waals surface area contributed by atoms with Crippen LogP contribution in [0.2, 0.25) is 0 Å². The highest BCUT2D eigenvalue weighted by molar-refractivity contribution is 7.99. The van der Waals surface area contributed by atoms with Crippen LogP contribution in [0.3, 0.4) is 0 Å². The molecule has 4 rings (SSSR count). The smallest absolute Gasteiger partial charge is 0.356 e. The lowest BCUT2D eigenvalue weighted by atomic mass is 9.98. The summed E-state index contributed by atoms with van der Waals surface area (Å²) in [6, 6.07) is 34.5. The van der Waals surface area contributed by atoms with E-state index in [4.69, 9.17) is 4.84 Å². The fourth-order valence-electron chi connectivity index (χ4n) is 3.14. The summed E-state index contributed by atoms with van der Waals surface area (Å²) in [5.41, 5.74) is 4.32. The number of carbonyl (C=O) groups excluding carboxylic acids is 2. The van der Waals surface area contributed by atoms with Crippen LogP contribution < -0.4 is 5.48 Å². The molecule has 0 saturated carbocycles. The molecule has 0 saturated heterocycles. The minimum absolute atomic E-state index is 0.187. The Labute approximate surface area is 191 Å². The van der Waals surface area contributed by atoms with Crippen LogP contribution in [-0.2, 0) is 4.84 Å². The third-order valence-corrected chi connectivity index (χ3v) is 5.81. The largest absolute Gasteiger partial charge is 0.366 e. The zero-order chi connectivity index (χ0) is 22.2. The number of hydrogen-bond donors (Lipinski definition) is 1. The Hall–Kier alpha value is -3.67. The van der Waals surface area contributed by atoms with Crippen LogP contribution in [0.5, 0.6) is 0 Å². The number of rotatable bonds is 8. The molecule has 0 heterocycles. The summed E-state index contributed by atoms with van der Waals surface area (Å²) in [5.74, 6) is -0.734. The van der Waals surface area contributed by atoms with Crippen LogP contribution >= 0.6 is 11.8 Å². The molecule has 4 aromatic rings. The van der Waals surface area contributed by atoms with E-state index in [1.165, 1.54) is 0 Å². The van der Waals surface area contributed by atoms with Gasteiger partial charge in [-0.3, -0.25) is 4.79 Å². The van der Waals surface area contributed by atoms with Crippen molar-refractivity contribution >= 4 is 23.5 Å². The number of ketones is 1.